The number of rotatable bonds is 6. The zero-order valence-electron chi connectivity index (χ0n) is 18.1. The lowest BCUT2D eigenvalue weighted by Crippen LogP contribution is -2.50. The minimum Gasteiger partial charge on any atom is -0.478 e. The highest BCUT2D eigenvalue weighted by Gasteiger charge is 2.41. The number of hydrogen-bond donors (Lipinski definition) is 1. The summed E-state index contributed by atoms with van der Waals surface area (Å²) in [7, 11) is 0. The molecule has 0 aromatic heterocycles. The summed E-state index contributed by atoms with van der Waals surface area (Å²) in [6.45, 7) is 14.5. The maximum absolute atomic E-state index is 12.0. The molecular weight excluding hydrogens is 368 g/mol. The summed E-state index contributed by atoms with van der Waals surface area (Å²) in [5.74, 6) is -0.815. The molecule has 2 aliphatic rings. The molecule has 0 amide bonds. The van der Waals surface area contributed by atoms with Gasteiger partial charge in [-0.1, -0.05) is 19.9 Å². The molecule has 2 heterocycles. The Bertz CT molecular complexity index is 692. The van der Waals surface area contributed by atoms with Gasteiger partial charge < -0.3 is 5.11 Å². The van der Waals surface area contributed by atoms with Crippen LogP contribution in [0.5, 0.6) is 0 Å². The molecule has 0 bridgehead atoms. The van der Waals surface area contributed by atoms with Gasteiger partial charge >= 0.3 is 5.97 Å². The molecule has 2 atom stereocenters. The van der Waals surface area contributed by atoms with Gasteiger partial charge in [-0.2, -0.15) is 0 Å². The highest BCUT2D eigenvalue weighted by atomic mass is 32.2. The van der Waals surface area contributed by atoms with Crippen molar-refractivity contribution >= 4 is 17.7 Å². The van der Waals surface area contributed by atoms with Crippen LogP contribution in [0.15, 0.2) is 23.1 Å². The molecule has 0 spiro atoms. The summed E-state index contributed by atoms with van der Waals surface area (Å²) in [5.41, 5.74) is 1.76. The Labute approximate surface area is 174 Å². The SMILES string of the molecule is CC(C)Sc1ccc(C([C@@H]2CCCN2C(C)(C)C)N2CCCC2)cc1C(=O)O. The van der Waals surface area contributed by atoms with Gasteiger partial charge in [-0.3, -0.25) is 9.80 Å². The molecule has 2 aliphatic heterocycles. The van der Waals surface area contributed by atoms with Gasteiger partial charge in [0.05, 0.1) is 11.6 Å². The minimum absolute atomic E-state index is 0.127. The molecule has 156 valence electrons. The molecule has 5 heteroatoms. The van der Waals surface area contributed by atoms with Crippen LogP contribution in [-0.4, -0.2) is 57.3 Å². The molecular formula is C23H36N2O2S. The van der Waals surface area contributed by atoms with Crippen molar-refractivity contribution in [2.75, 3.05) is 19.6 Å². The van der Waals surface area contributed by atoms with Gasteiger partial charge in [-0.05, 0) is 83.8 Å². The third-order valence-corrected chi connectivity index (χ3v) is 7.08. The predicted molar refractivity (Wildman–Crippen MR) is 117 cm³/mol. The lowest BCUT2D eigenvalue weighted by molar-refractivity contribution is 0.0571. The number of carboxylic acids is 1. The number of nitrogens with zero attached hydrogens (tertiary/aromatic N) is 2. The summed E-state index contributed by atoms with van der Waals surface area (Å²) in [6.07, 6.45) is 4.89. The van der Waals surface area contributed by atoms with Gasteiger partial charge in [0.15, 0.2) is 0 Å². The zero-order chi connectivity index (χ0) is 20.5. The first-order valence-electron chi connectivity index (χ1n) is 10.7. The van der Waals surface area contributed by atoms with E-state index in [1.807, 2.05) is 12.1 Å². The number of benzene rings is 1. The third kappa shape index (κ3) is 4.74. The second-order valence-corrected chi connectivity index (χ2v) is 11.1. The topological polar surface area (TPSA) is 43.8 Å². The van der Waals surface area contributed by atoms with Crippen molar-refractivity contribution in [3.8, 4) is 0 Å². The molecule has 0 radical (unpaired) electrons. The van der Waals surface area contributed by atoms with E-state index in [0.717, 1.165) is 24.5 Å². The Morgan fingerprint density at radius 3 is 2.39 bits per heavy atom. The fraction of sp³-hybridized carbons (Fsp3) is 0.696. The van der Waals surface area contributed by atoms with E-state index in [1.165, 1.54) is 31.2 Å². The van der Waals surface area contributed by atoms with Gasteiger partial charge in [0.25, 0.3) is 0 Å². The molecule has 4 nitrogen and oxygen atoms in total. The van der Waals surface area contributed by atoms with Crippen LogP contribution < -0.4 is 0 Å². The molecule has 1 aromatic carbocycles. The fourth-order valence-corrected chi connectivity index (χ4v) is 5.83. The standard InChI is InChI=1S/C23H36N2O2S/c1-16(2)28-20-11-10-17(15-18(20)22(26)27)21(24-12-6-7-13-24)19-9-8-14-25(19)23(3,4)5/h10-11,15-16,19,21H,6-9,12-14H2,1-5H3,(H,26,27)/t19-,21?/m0/s1. The lowest BCUT2D eigenvalue weighted by Gasteiger charge is -2.43. The van der Waals surface area contributed by atoms with E-state index in [0.29, 0.717) is 16.9 Å². The highest BCUT2D eigenvalue weighted by molar-refractivity contribution is 8.00. The Kier molecular flexibility index (Phi) is 6.78. The maximum atomic E-state index is 12.0. The van der Waals surface area contributed by atoms with Crippen LogP contribution >= 0.6 is 11.8 Å². The van der Waals surface area contributed by atoms with Crippen molar-refractivity contribution in [1.29, 1.82) is 0 Å². The quantitative estimate of drug-likeness (QED) is 0.653. The molecule has 1 N–H and O–H groups in total. The summed E-state index contributed by atoms with van der Waals surface area (Å²) in [6, 6.07) is 6.93. The number of carboxylic acid groups (broad SMARTS) is 1. The van der Waals surface area contributed by atoms with Crippen LogP contribution in [0.4, 0.5) is 0 Å². The highest BCUT2D eigenvalue weighted by Crippen LogP contribution is 2.40. The van der Waals surface area contributed by atoms with Crippen molar-refractivity contribution < 1.29 is 9.90 Å². The Morgan fingerprint density at radius 1 is 1.14 bits per heavy atom. The largest absolute Gasteiger partial charge is 0.478 e. The van der Waals surface area contributed by atoms with Crippen LogP contribution in [0, 0.1) is 0 Å². The summed E-state index contributed by atoms with van der Waals surface area (Å²) in [5, 5.41) is 10.2. The summed E-state index contributed by atoms with van der Waals surface area (Å²) < 4.78 is 0. The monoisotopic (exact) mass is 404 g/mol. The molecule has 0 saturated carbocycles. The van der Waals surface area contributed by atoms with Crippen molar-refractivity contribution in [1.82, 2.24) is 9.80 Å². The molecule has 1 aromatic rings. The van der Waals surface area contributed by atoms with E-state index in [-0.39, 0.29) is 11.6 Å². The average Bonchev–Trinajstić information content (AvgIpc) is 3.27. The Balaban J connectivity index is 2.01. The Hall–Kier alpha value is -1.04. The van der Waals surface area contributed by atoms with E-state index < -0.39 is 5.97 Å². The summed E-state index contributed by atoms with van der Waals surface area (Å²) >= 11 is 1.64. The predicted octanol–water partition coefficient (Wildman–Crippen LogP) is 5.29. The molecule has 0 aliphatic carbocycles. The van der Waals surface area contributed by atoms with Gasteiger partial charge in [-0.15, -0.1) is 11.8 Å². The number of thioether (sulfide) groups is 1. The second kappa shape index (κ2) is 8.76. The van der Waals surface area contributed by atoms with Gasteiger partial charge in [0, 0.05) is 21.7 Å². The van der Waals surface area contributed by atoms with E-state index in [1.54, 1.807) is 11.8 Å². The van der Waals surface area contributed by atoms with E-state index >= 15 is 0 Å². The fourth-order valence-electron chi connectivity index (χ4n) is 4.91. The van der Waals surface area contributed by atoms with Crippen LogP contribution in [0.3, 0.4) is 0 Å². The average molecular weight is 405 g/mol. The van der Waals surface area contributed by atoms with E-state index in [4.69, 9.17) is 0 Å². The van der Waals surface area contributed by atoms with Crippen molar-refractivity contribution in [3.63, 3.8) is 0 Å². The second-order valence-electron chi connectivity index (χ2n) is 9.49. The van der Waals surface area contributed by atoms with Gasteiger partial charge in [0.2, 0.25) is 0 Å². The van der Waals surface area contributed by atoms with E-state index in [2.05, 4.69) is 50.5 Å². The van der Waals surface area contributed by atoms with Crippen molar-refractivity contribution in [3.05, 3.63) is 29.3 Å². The summed E-state index contributed by atoms with van der Waals surface area (Å²) in [4.78, 5) is 18.1. The first-order valence-corrected chi connectivity index (χ1v) is 11.6. The molecule has 2 fully saturated rings. The Morgan fingerprint density at radius 2 is 1.82 bits per heavy atom. The number of likely N-dealkylation sites (tertiary alicyclic amines) is 2. The first-order chi connectivity index (χ1) is 13.2. The zero-order valence-corrected chi connectivity index (χ0v) is 18.9. The van der Waals surface area contributed by atoms with E-state index in [9.17, 15) is 9.90 Å². The molecule has 2 saturated heterocycles. The third-order valence-electron chi connectivity index (χ3n) is 6.00. The van der Waals surface area contributed by atoms with Crippen LogP contribution in [0.25, 0.3) is 0 Å². The number of hydrogen-bond acceptors (Lipinski definition) is 4. The van der Waals surface area contributed by atoms with Crippen LogP contribution in [0.1, 0.15) is 82.3 Å². The van der Waals surface area contributed by atoms with Crippen LogP contribution in [-0.2, 0) is 0 Å². The van der Waals surface area contributed by atoms with Gasteiger partial charge in [-0.25, -0.2) is 4.79 Å². The number of aromatic carboxylic acids is 1. The van der Waals surface area contributed by atoms with Gasteiger partial charge in [0.1, 0.15) is 0 Å². The number of carbonyl (C=O) groups is 1. The molecule has 28 heavy (non-hydrogen) atoms. The molecule has 3 rings (SSSR count). The van der Waals surface area contributed by atoms with Crippen molar-refractivity contribution in [2.45, 2.75) is 88.1 Å². The van der Waals surface area contributed by atoms with Crippen molar-refractivity contribution in [2.24, 2.45) is 0 Å². The lowest BCUT2D eigenvalue weighted by atomic mass is 9.92. The normalized spacial score (nSPS) is 22.9. The maximum Gasteiger partial charge on any atom is 0.336 e. The smallest absolute Gasteiger partial charge is 0.336 e. The molecule has 1 unspecified atom stereocenters. The van der Waals surface area contributed by atoms with Crippen LogP contribution in [0.2, 0.25) is 0 Å². The minimum atomic E-state index is -0.815. The first kappa shape index (κ1) is 21.7.